The highest BCUT2D eigenvalue weighted by atomic mass is 32.2. The van der Waals surface area contributed by atoms with Crippen molar-refractivity contribution in [3.63, 3.8) is 0 Å². The quantitative estimate of drug-likeness (QED) is 0.670. The minimum atomic E-state index is 0.521. The fraction of sp³-hybridized carbons (Fsp3) is 0.545. The van der Waals surface area contributed by atoms with E-state index in [0.29, 0.717) is 5.54 Å². The van der Waals surface area contributed by atoms with Gasteiger partial charge in [-0.1, -0.05) is 12.1 Å². The molecule has 5 unspecified atom stereocenters. The summed E-state index contributed by atoms with van der Waals surface area (Å²) in [6, 6.07) is 13.6. The lowest BCUT2D eigenvalue weighted by Crippen LogP contribution is -2.75. The number of hydrogen-bond acceptors (Lipinski definition) is 3. The van der Waals surface area contributed by atoms with Crippen LogP contribution in [0.15, 0.2) is 41.3 Å². The molecular weight excluding hydrogens is 342 g/mol. The van der Waals surface area contributed by atoms with E-state index in [1.165, 1.54) is 33.1 Å². The van der Waals surface area contributed by atoms with Gasteiger partial charge in [0.05, 0.1) is 0 Å². The number of nitrogens with one attached hydrogen (secondary N) is 1. The topological polar surface area (TPSA) is 12.0 Å². The fourth-order valence-electron chi connectivity index (χ4n) is 7.13. The van der Waals surface area contributed by atoms with Crippen molar-refractivity contribution < 1.29 is 0 Å². The van der Waals surface area contributed by atoms with Crippen molar-refractivity contribution in [1.82, 2.24) is 5.32 Å². The summed E-state index contributed by atoms with van der Waals surface area (Å²) in [5, 5.41) is 4.08. The van der Waals surface area contributed by atoms with E-state index in [2.05, 4.69) is 48.0 Å². The van der Waals surface area contributed by atoms with Gasteiger partial charge < -0.3 is 5.32 Å². The Bertz CT molecular complexity index is 825. The molecule has 1 aromatic carbocycles. The van der Waals surface area contributed by atoms with Crippen LogP contribution in [0.1, 0.15) is 37.0 Å². The molecular formula is C22H25NS2. The van der Waals surface area contributed by atoms with Crippen molar-refractivity contribution >= 4 is 23.1 Å². The minimum absolute atomic E-state index is 0.521. The maximum Gasteiger partial charge on any atom is 0.0346 e. The summed E-state index contributed by atoms with van der Waals surface area (Å²) in [6.45, 7) is 1.07. The highest BCUT2D eigenvalue weighted by Gasteiger charge is 2.80. The number of thioether (sulfide) groups is 1. The molecule has 0 aliphatic heterocycles. The lowest BCUT2D eigenvalue weighted by molar-refractivity contribution is -0.207. The normalized spacial score (nSPS) is 39.8. The number of fused-ring (bicyclic) bond motifs is 1. The van der Waals surface area contributed by atoms with Crippen LogP contribution in [0.5, 0.6) is 0 Å². The first-order valence-corrected chi connectivity index (χ1v) is 11.7. The Balaban J connectivity index is 1.18. The molecule has 1 N–H and O–H groups in total. The Kier molecular flexibility index (Phi) is 3.15. The van der Waals surface area contributed by atoms with E-state index in [9.17, 15) is 0 Å². The van der Waals surface area contributed by atoms with Crippen molar-refractivity contribution in [1.29, 1.82) is 0 Å². The summed E-state index contributed by atoms with van der Waals surface area (Å²) in [5.41, 5.74) is 2.62. The molecule has 4 aliphatic carbocycles. The lowest BCUT2D eigenvalue weighted by Gasteiger charge is -2.73. The smallest absolute Gasteiger partial charge is 0.0346 e. The maximum absolute atomic E-state index is 4.08. The van der Waals surface area contributed by atoms with E-state index < -0.39 is 0 Å². The Morgan fingerprint density at radius 3 is 2.68 bits per heavy atom. The second-order valence-electron chi connectivity index (χ2n) is 8.81. The summed E-state index contributed by atoms with van der Waals surface area (Å²) < 4.78 is 0. The lowest BCUT2D eigenvalue weighted by atomic mass is 9.35. The van der Waals surface area contributed by atoms with Crippen LogP contribution < -0.4 is 5.32 Å². The average Bonchev–Trinajstić information content (AvgIpc) is 3.29. The molecule has 130 valence electrons. The SMILES string of the molecule is CSc1ccc(-c2ccc(CNC34CC5CC6CC(C3)C64C5)s2)cc1. The third-order valence-electron chi connectivity index (χ3n) is 8.03. The number of thiophene rings is 1. The summed E-state index contributed by atoms with van der Waals surface area (Å²) in [6.07, 6.45) is 9.72. The van der Waals surface area contributed by atoms with Gasteiger partial charge >= 0.3 is 0 Å². The van der Waals surface area contributed by atoms with Gasteiger partial charge in [-0.15, -0.1) is 23.1 Å². The van der Waals surface area contributed by atoms with E-state index in [1.54, 1.807) is 19.3 Å². The summed E-state index contributed by atoms with van der Waals surface area (Å²) in [4.78, 5) is 4.24. The van der Waals surface area contributed by atoms with E-state index in [0.717, 1.165) is 29.7 Å². The second-order valence-corrected chi connectivity index (χ2v) is 10.9. The largest absolute Gasteiger partial charge is 0.306 e. The van der Waals surface area contributed by atoms with Crippen molar-refractivity contribution in [3.8, 4) is 10.4 Å². The molecule has 1 nitrogen and oxygen atoms in total. The van der Waals surface area contributed by atoms with Crippen LogP contribution in [-0.4, -0.2) is 11.8 Å². The molecule has 4 fully saturated rings. The highest BCUT2D eigenvalue weighted by molar-refractivity contribution is 7.98. The minimum Gasteiger partial charge on any atom is -0.306 e. The molecule has 1 aromatic heterocycles. The van der Waals surface area contributed by atoms with Crippen molar-refractivity contribution in [2.24, 2.45) is 23.2 Å². The van der Waals surface area contributed by atoms with Crippen LogP contribution in [-0.2, 0) is 6.54 Å². The Morgan fingerprint density at radius 2 is 1.92 bits per heavy atom. The standard InChI is InChI=1S/C22H25NS2/c1-24-18-4-2-15(3-5-18)20-7-6-19(25-20)13-23-21-10-14-8-16-9-17(12-21)22(16,21)11-14/h2-7,14,16-17,23H,8-13H2,1H3. The number of hydrogen-bond donors (Lipinski definition) is 1. The molecule has 4 aliphatic rings. The van der Waals surface area contributed by atoms with E-state index in [4.69, 9.17) is 0 Å². The van der Waals surface area contributed by atoms with E-state index in [-0.39, 0.29) is 0 Å². The molecule has 6 rings (SSSR count). The molecule has 3 heteroatoms. The third-order valence-corrected chi connectivity index (χ3v) is 9.91. The molecule has 2 aromatic rings. The van der Waals surface area contributed by atoms with Crippen molar-refractivity contribution in [2.45, 2.75) is 49.1 Å². The third kappa shape index (κ3) is 1.90. The van der Waals surface area contributed by atoms with Gasteiger partial charge in [0.1, 0.15) is 0 Å². The highest BCUT2D eigenvalue weighted by Crippen LogP contribution is 2.82. The first-order valence-electron chi connectivity index (χ1n) is 9.71. The Labute approximate surface area is 158 Å². The predicted molar refractivity (Wildman–Crippen MR) is 107 cm³/mol. The molecule has 25 heavy (non-hydrogen) atoms. The van der Waals surface area contributed by atoms with Gasteiger partial charge in [-0.05, 0) is 91.4 Å². The van der Waals surface area contributed by atoms with Gasteiger partial charge in [0.2, 0.25) is 0 Å². The van der Waals surface area contributed by atoms with Crippen LogP contribution in [0.3, 0.4) is 0 Å². The zero-order valence-electron chi connectivity index (χ0n) is 14.8. The van der Waals surface area contributed by atoms with Crippen LogP contribution in [0.4, 0.5) is 0 Å². The van der Waals surface area contributed by atoms with E-state index >= 15 is 0 Å². The average molecular weight is 368 g/mol. The molecule has 0 amide bonds. The molecule has 0 saturated heterocycles. The summed E-state index contributed by atoms with van der Waals surface area (Å²) in [5.74, 6) is 3.19. The molecule has 1 heterocycles. The zero-order chi connectivity index (χ0) is 16.6. The van der Waals surface area contributed by atoms with E-state index in [1.807, 2.05) is 23.1 Å². The molecule has 2 bridgehead atoms. The number of rotatable bonds is 5. The first-order chi connectivity index (χ1) is 12.2. The first kappa shape index (κ1) is 15.3. The van der Waals surface area contributed by atoms with Crippen molar-refractivity contribution in [3.05, 3.63) is 41.3 Å². The Hall–Kier alpha value is -0.770. The Morgan fingerprint density at radius 1 is 1.04 bits per heavy atom. The van der Waals surface area contributed by atoms with Gasteiger partial charge in [0, 0.05) is 26.7 Å². The number of benzene rings is 1. The van der Waals surface area contributed by atoms with Gasteiger partial charge in [-0.25, -0.2) is 0 Å². The maximum atomic E-state index is 4.08. The van der Waals surface area contributed by atoms with Crippen molar-refractivity contribution in [2.75, 3.05) is 6.26 Å². The summed E-state index contributed by atoms with van der Waals surface area (Å²) >= 11 is 3.78. The predicted octanol–water partition coefficient (Wildman–Crippen LogP) is 5.81. The monoisotopic (exact) mass is 367 g/mol. The van der Waals surface area contributed by atoms with Gasteiger partial charge in [-0.3, -0.25) is 0 Å². The molecule has 1 spiro atoms. The van der Waals surface area contributed by atoms with Crippen LogP contribution >= 0.6 is 23.1 Å². The molecule has 4 saturated carbocycles. The fourth-order valence-corrected chi connectivity index (χ4v) is 8.49. The second kappa shape index (κ2) is 5.15. The van der Waals surface area contributed by atoms with Crippen LogP contribution in [0, 0.1) is 23.2 Å². The van der Waals surface area contributed by atoms with Crippen LogP contribution in [0.25, 0.3) is 10.4 Å². The summed E-state index contributed by atoms with van der Waals surface area (Å²) in [7, 11) is 0. The molecule has 0 radical (unpaired) electrons. The van der Waals surface area contributed by atoms with Gasteiger partial charge in [0.25, 0.3) is 0 Å². The zero-order valence-corrected chi connectivity index (χ0v) is 16.4. The van der Waals surface area contributed by atoms with Gasteiger partial charge in [0.15, 0.2) is 0 Å². The molecule has 5 atom stereocenters. The van der Waals surface area contributed by atoms with Crippen LogP contribution in [0.2, 0.25) is 0 Å². The van der Waals surface area contributed by atoms with Gasteiger partial charge in [-0.2, -0.15) is 0 Å².